The van der Waals surface area contributed by atoms with Gasteiger partial charge in [-0.25, -0.2) is 19.3 Å². The Hall–Kier alpha value is -2.28. The third-order valence-corrected chi connectivity index (χ3v) is 4.67. The largest absolute Gasteiger partial charge is 0.494 e. The highest BCUT2D eigenvalue weighted by Crippen LogP contribution is 2.30. The first-order chi connectivity index (χ1) is 11.6. The number of anilines is 1. The van der Waals surface area contributed by atoms with E-state index in [1.807, 2.05) is 11.6 Å². The van der Waals surface area contributed by atoms with Gasteiger partial charge in [-0.1, -0.05) is 0 Å². The third kappa shape index (κ3) is 3.31. The lowest BCUT2D eigenvalue weighted by Gasteiger charge is -2.28. The third-order valence-electron chi connectivity index (χ3n) is 3.83. The number of nitrogens with zero attached hydrogens (tertiary/aromatic N) is 4. The Bertz CT molecular complexity index is 823. The van der Waals surface area contributed by atoms with E-state index in [4.69, 9.17) is 4.74 Å². The maximum absolute atomic E-state index is 13.9. The summed E-state index contributed by atoms with van der Waals surface area (Å²) in [4.78, 5) is 15.2. The second-order valence-corrected chi connectivity index (χ2v) is 6.64. The number of halogens is 1. The number of benzene rings is 1. The summed E-state index contributed by atoms with van der Waals surface area (Å²) in [7, 11) is 1.45. The SMILES string of the molecule is COc1cc2c(N(CCc3nccs3)C(C)C)ncnc2cc1F. The lowest BCUT2D eigenvalue weighted by atomic mass is 10.1. The van der Waals surface area contributed by atoms with Crippen molar-refractivity contribution in [3.05, 3.63) is 40.9 Å². The van der Waals surface area contributed by atoms with Gasteiger partial charge >= 0.3 is 0 Å². The van der Waals surface area contributed by atoms with Crippen LogP contribution in [0.5, 0.6) is 5.75 Å². The Morgan fingerprint density at radius 3 is 2.75 bits per heavy atom. The Balaban J connectivity index is 2.00. The molecule has 0 unspecified atom stereocenters. The van der Waals surface area contributed by atoms with Crippen molar-refractivity contribution >= 4 is 28.1 Å². The lowest BCUT2D eigenvalue weighted by molar-refractivity contribution is 0.387. The number of rotatable bonds is 6. The van der Waals surface area contributed by atoms with E-state index >= 15 is 0 Å². The summed E-state index contributed by atoms with van der Waals surface area (Å²) in [5.41, 5.74) is 0.568. The summed E-state index contributed by atoms with van der Waals surface area (Å²) < 4.78 is 19.0. The second-order valence-electron chi connectivity index (χ2n) is 5.66. The number of hydrogen-bond donors (Lipinski definition) is 0. The zero-order valence-electron chi connectivity index (χ0n) is 13.9. The highest BCUT2D eigenvalue weighted by molar-refractivity contribution is 7.09. The predicted octanol–water partition coefficient (Wildman–Crippen LogP) is 3.69. The van der Waals surface area contributed by atoms with Crippen LogP contribution in [0.15, 0.2) is 30.0 Å². The van der Waals surface area contributed by atoms with Crippen molar-refractivity contribution in [1.29, 1.82) is 0 Å². The van der Waals surface area contributed by atoms with Crippen LogP contribution in [-0.2, 0) is 6.42 Å². The van der Waals surface area contributed by atoms with Crippen LogP contribution < -0.4 is 9.64 Å². The molecule has 0 bridgehead atoms. The molecule has 0 aliphatic carbocycles. The monoisotopic (exact) mass is 346 g/mol. The minimum Gasteiger partial charge on any atom is -0.494 e. The van der Waals surface area contributed by atoms with Gasteiger partial charge in [-0.05, 0) is 19.9 Å². The standard InChI is InChI=1S/C17H19FN4OS/c1-11(2)22(6-4-16-19-5-7-24-16)17-12-8-15(23-3)13(18)9-14(12)20-10-21-17/h5,7-11H,4,6H2,1-3H3. The maximum Gasteiger partial charge on any atom is 0.167 e. The van der Waals surface area contributed by atoms with Gasteiger partial charge in [-0.15, -0.1) is 11.3 Å². The molecule has 0 saturated carbocycles. The first-order valence-corrected chi connectivity index (χ1v) is 8.61. The molecule has 5 nitrogen and oxygen atoms in total. The Labute approximate surface area is 144 Å². The molecule has 0 amide bonds. The molecule has 1 aromatic carbocycles. The normalized spacial score (nSPS) is 11.2. The van der Waals surface area contributed by atoms with E-state index in [9.17, 15) is 4.39 Å². The molecule has 0 aliphatic heterocycles. The Kier molecular flexibility index (Phi) is 4.89. The Morgan fingerprint density at radius 1 is 1.25 bits per heavy atom. The van der Waals surface area contributed by atoms with Gasteiger partial charge in [0.05, 0.1) is 17.6 Å². The fourth-order valence-corrected chi connectivity index (χ4v) is 3.24. The molecule has 2 aromatic heterocycles. The summed E-state index contributed by atoms with van der Waals surface area (Å²) in [5, 5.41) is 3.84. The molecular weight excluding hydrogens is 327 g/mol. The molecule has 2 heterocycles. The lowest BCUT2D eigenvalue weighted by Crippen LogP contribution is -2.33. The second kappa shape index (κ2) is 7.09. The van der Waals surface area contributed by atoms with Crippen LogP contribution in [0.3, 0.4) is 0 Å². The fourth-order valence-electron chi connectivity index (χ4n) is 2.63. The number of ether oxygens (including phenoxy) is 1. The minimum atomic E-state index is -0.423. The molecule has 0 saturated heterocycles. The van der Waals surface area contributed by atoms with E-state index < -0.39 is 5.82 Å². The maximum atomic E-state index is 13.9. The van der Waals surface area contributed by atoms with Crippen molar-refractivity contribution in [2.24, 2.45) is 0 Å². The first kappa shape index (κ1) is 16.6. The fraction of sp³-hybridized carbons (Fsp3) is 0.353. The van der Waals surface area contributed by atoms with Gasteiger partial charge in [0, 0.05) is 42.0 Å². The zero-order valence-corrected chi connectivity index (χ0v) is 14.7. The van der Waals surface area contributed by atoms with Gasteiger partial charge in [-0.3, -0.25) is 0 Å². The summed E-state index contributed by atoms with van der Waals surface area (Å²) in [5.74, 6) is 0.556. The zero-order chi connectivity index (χ0) is 17.1. The van der Waals surface area contributed by atoms with Crippen molar-refractivity contribution in [3.8, 4) is 5.75 Å². The summed E-state index contributed by atoms with van der Waals surface area (Å²) in [6.07, 6.45) is 4.12. The quantitative estimate of drug-likeness (QED) is 0.681. The van der Waals surface area contributed by atoms with Crippen LogP contribution >= 0.6 is 11.3 Å². The molecule has 7 heteroatoms. The van der Waals surface area contributed by atoms with Gasteiger partial charge in [-0.2, -0.15) is 0 Å². The van der Waals surface area contributed by atoms with Crippen molar-refractivity contribution in [2.45, 2.75) is 26.3 Å². The summed E-state index contributed by atoms with van der Waals surface area (Å²) in [6.45, 7) is 4.99. The van der Waals surface area contributed by atoms with E-state index in [1.165, 1.54) is 19.5 Å². The van der Waals surface area contributed by atoms with Gasteiger partial charge < -0.3 is 9.64 Å². The van der Waals surface area contributed by atoms with Crippen molar-refractivity contribution in [1.82, 2.24) is 15.0 Å². The molecule has 0 N–H and O–H groups in total. The van der Waals surface area contributed by atoms with E-state index in [0.717, 1.165) is 29.2 Å². The van der Waals surface area contributed by atoms with Crippen LogP contribution in [0.1, 0.15) is 18.9 Å². The molecule has 0 spiro atoms. The van der Waals surface area contributed by atoms with E-state index in [-0.39, 0.29) is 11.8 Å². The van der Waals surface area contributed by atoms with Crippen molar-refractivity contribution in [3.63, 3.8) is 0 Å². The van der Waals surface area contributed by atoms with E-state index in [1.54, 1.807) is 17.4 Å². The summed E-state index contributed by atoms with van der Waals surface area (Å²) in [6, 6.07) is 3.29. The van der Waals surface area contributed by atoms with Crippen molar-refractivity contribution < 1.29 is 9.13 Å². The highest BCUT2D eigenvalue weighted by atomic mass is 32.1. The molecular formula is C17H19FN4OS. The van der Waals surface area contributed by atoms with Crippen LogP contribution in [0.2, 0.25) is 0 Å². The number of fused-ring (bicyclic) bond motifs is 1. The molecule has 126 valence electrons. The molecule has 3 rings (SSSR count). The predicted molar refractivity (Wildman–Crippen MR) is 94.3 cm³/mol. The molecule has 0 radical (unpaired) electrons. The van der Waals surface area contributed by atoms with Crippen LogP contribution in [0.4, 0.5) is 10.2 Å². The van der Waals surface area contributed by atoms with Crippen LogP contribution in [0, 0.1) is 5.82 Å². The number of aromatic nitrogens is 3. The first-order valence-electron chi connectivity index (χ1n) is 7.73. The Morgan fingerprint density at radius 2 is 2.08 bits per heavy atom. The van der Waals surface area contributed by atoms with Gasteiger partial charge in [0.15, 0.2) is 11.6 Å². The number of hydrogen-bond acceptors (Lipinski definition) is 6. The van der Waals surface area contributed by atoms with Crippen LogP contribution in [-0.4, -0.2) is 34.6 Å². The van der Waals surface area contributed by atoms with Gasteiger partial charge in [0.25, 0.3) is 0 Å². The molecule has 0 aliphatic rings. The molecule has 0 atom stereocenters. The average molecular weight is 346 g/mol. The number of methoxy groups -OCH3 is 1. The summed E-state index contributed by atoms with van der Waals surface area (Å²) >= 11 is 1.64. The van der Waals surface area contributed by atoms with E-state index in [0.29, 0.717) is 5.52 Å². The van der Waals surface area contributed by atoms with E-state index in [2.05, 4.69) is 33.7 Å². The molecule has 0 fully saturated rings. The molecule has 3 aromatic rings. The molecule has 24 heavy (non-hydrogen) atoms. The smallest absolute Gasteiger partial charge is 0.167 e. The van der Waals surface area contributed by atoms with Crippen molar-refractivity contribution in [2.75, 3.05) is 18.6 Å². The minimum absolute atomic E-state index is 0.196. The number of thiazole rings is 1. The van der Waals surface area contributed by atoms with Crippen LogP contribution in [0.25, 0.3) is 10.9 Å². The average Bonchev–Trinajstić information content (AvgIpc) is 3.07. The topological polar surface area (TPSA) is 51.1 Å². The van der Waals surface area contributed by atoms with Gasteiger partial charge in [0.2, 0.25) is 0 Å². The van der Waals surface area contributed by atoms with Gasteiger partial charge in [0.1, 0.15) is 12.1 Å². The highest BCUT2D eigenvalue weighted by Gasteiger charge is 2.18.